The Morgan fingerprint density at radius 3 is 1.37 bits per heavy atom. The number of hydrogen-bond acceptors (Lipinski definition) is 0. The van der Waals surface area contributed by atoms with Crippen LogP contribution in [0.25, 0.3) is 110 Å². The van der Waals surface area contributed by atoms with Crippen molar-refractivity contribution in [2.45, 2.75) is 31.1 Å². The molecule has 0 unspecified atom stereocenters. The van der Waals surface area contributed by atoms with E-state index in [-0.39, 0.29) is 5.41 Å². The normalized spacial score (nSPS) is 14.5. The van der Waals surface area contributed by atoms with Crippen molar-refractivity contribution in [3.8, 4) is 44.5 Å². The van der Waals surface area contributed by atoms with Gasteiger partial charge in [0.25, 0.3) is 0 Å². The summed E-state index contributed by atoms with van der Waals surface area (Å²) in [5, 5.41) is 10.4. The van der Waals surface area contributed by atoms with Crippen molar-refractivity contribution in [2.75, 3.05) is 0 Å². The Kier molecular flexibility index (Phi) is 6.77. The van der Waals surface area contributed by atoms with E-state index in [9.17, 15) is 0 Å². The highest BCUT2D eigenvalue weighted by Crippen LogP contribution is 2.60. The lowest BCUT2D eigenvalue weighted by molar-refractivity contribution is 0.550. The fourth-order valence-corrected chi connectivity index (χ4v) is 12.0. The summed E-state index contributed by atoms with van der Waals surface area (Å²) in [5.41, 5.74) is 18.8. The monoisotopic (exact) mass is 754 g/mol. The zero-order valence-corrected chi connectivity index (χ0v) is 33.4. The van der Waals surface area contributed by atoms with Gasteiger partial charge in [-0.2, -0.15) is 0 Å². The molecule has 0 aliphatic heterocycles. The Labute approximate surface area is 343 Å². The summed E-state index contributed by atoms with van der Waals surface area (Å²) in [4.78, 5) is 0. The van der Waals surface area contributed by atoms with E-state index >= 15 is 0 Å². The quantitative estimate of drug-likeness (QED) is 0.159. The van der Waals surface area contributed by atoms with Crippen LogP contribution in [0.5, 0.6) is 0 Å². The molecular weight excluding hydrogens is 713 g/mol. The second-order valence-corrected chi connectivity index (χ2v) is 17.2. The average Bonchev–Trinajstić information content (AvgIpc) is 4.05. The summed E-state index contributed by atoms with van der Waals surface area (Å²) in [6, 6.07) is 64.7. The molecule has 1 fully saturated rings. The molecule has 0 N–H and O–H groups in total. The molecular formula is C57H42N2. The first kappa shape index (κ1) is 33.1. The Bertz CT molecular complexity index is 3410. The van der Waals surface area contributed by atoms with Gasteiger partial charge in [0.05, 0.1) is 0 Å². The standard InChI is InChI=1S/C57H42N2/c1-58-49-28-7-4-17-42(49)55-37(23-14-30-51(55)58)35-19-11-21-39-45(35)34-46-36(38-24-15-31-52-56(38)43-18-5-8-29-50(43)59(52)2)20-12-22-40(46)53(39)44-25-13-27-48-54(44)41-16-3-6-26-47(41)57(48)32-9-10-33-57/h3-8,11-31,34H,9-10,32-33H2,1-2H3. The molecule has 59 heavy (non-hydrogen) atoms. The lowest BCUT2D eigenvalue weighted by Crippen LogP contribution is -2.20. The van der Waals surface area contributed by atoms with Crippen LogP contribution in [0.1, 0.15) is 36.8 Å². The van der Waals surface area contributed by atoms with Gasteiger partial charge in [-0.1, -0.05) is 152 Å². The SMILES string of the molecule is Cn1c2ccccc2c2c(-c3cccc4c(-c5cccc6c5-c5ccccc5C65CCCC5)c5cccc(-c6cccc7c6c6ccccc6n7C)c5cc34)cccc21. The Balaban J connectivity index is 1.20. The molecule has 2 nitrogen and oxygen atoms in total. The molecule has 0 atom stereocenters. The van der Waals surface area contributed by atoms with E-state index in [1.54, 1.807) is 0 Å². The minimum Gasteiger partial charge on any atom is -0.344 e. The van der Waals surface area contributed by atoms with Gasteiger partial charge in [-0.3, -0.25) is 0 Å². The van der Waals surface area contributed by atoms with Crippen molar-refractivity contribution in [3.05, 3.63) is 181 Å². The maximum atomic E-state index is 2.53. The minimum atomic E-state index is 0.0899. The van der Waals surface area contributed by atoms with E-state index in [2.05, 4.69) is 193 Å². The topological polar surface area (TPSA) is 9.86 Å². The number of rotatable bonds is 3. The van der Waals surface area contributed by atoms with Gasteiger partial charge in [-0.25, -0.2) is 0 Å². The smallest absolute Gasteiger partial charge is 0.0495 e. The van der Waals surface area contributed by atoms with Crippen LogP contribution < -0.4 is 0 Å². The number of hydrogen-bond donors (Lipinski definition) is 0. The molecule has 280 valence electrons. The summed E-state index contributed by atoms with van der Waals surface area (Å²) in [6.45, 7) is 0. The lowest BCUT2D eigenvalue weighted by Gasteiger charge is -2.27. The highest BCUT2D eigenvalue weighted by molar-refractivity contribution is 6.25. The van der Waals surface area contributed by atoms with E-state index in [4.69, 9.17) is 0 Å². The fourth-order valence-electron chi connectivity index (χ4n) is 12.0. The summed E-state index contributed by atoms with van der Waals surface area (Å²) in [6.07, 6.45) is 4.99. The predicted molar refractivity (Wildman–Crippen MR) is 250 cm³/mol. The maximum Gasteiger partial charge on any atom is 0.0495 e. The van der Waals surface area contributed by atoms with Crippen molar-refractivity contribution in [1.82, 2.24) is 9.13 Å². The number of para-hydroxylation sites is 2. The minimum absolute atomic E-state index is 0.0899. The van der Waals surface area contributed by atoms with Crippen LogP contribution in [-0.4, -0.2) is 9.13 Å². The molecule has 2 aliphatic carbocycles. The third-order valence-corrected chi connectivity index (χ3v) is 14.5. The van der Waals surface area contributed by atoms with E-state index < -0.39 is 0 Å². The number of aromatic nitrogens is 2. The van der Waals surface area contributed by atoms with E-state index in [1.165, 1.54) is 146 Å². The number of nitrogens with zero attached hydrogens (tertiary/aromatic N) is 2. The van der Waals surface area contributed by atoms with Gasteiger partial charge >= 0.3 is 0 Å². The van der Waals surface area contributed by atoms with Crippen LogP contribution in [0.15, 0.2) is 170 Å². The molecule has 2 heterocycles. The van der Waals surface area contributed by atoms with Gasteiger partial charge in [0.15, 0.2) is 0 Å². The maximum absolute atomic E-state index is 2.53. The fraction of sp³-hybridized carbons (Fsp3) is 0.123. The summed E-state index contributed by atoms with van der Waals surface area (Å²) in [7, 11) is 4.41. The molecule has 0 saturated heterocycles. The van der Waals surface area contributed by atoms with Gasteiger partial charge in [0, 0.05) is 63.1 Å². The van der Waals surface area contributed by atoms with Gasteiger partial charge in [-0.05, 0) is 120 Å². The first-order valence-corrected chi connectivity index (χ1v) is 21.3. The van der Waals surface area contributed by atoms with Gasteiger partial charge < -0.3 is 9.13 Å². The van der Waals surface area contributed by atoms with Gasteiger partial charge in [0.2, 0.25) is 0 Å². The zero-order chi connectivity index (χ0) is 39.0. The molecule has 9 aromatic carbocycles. The first-order chi connectivity index (χ1) is 29.1. The molecule has 11 aromatic rings. The molecule has 0 radical (unpaired) electrons. The Morgan fingerprint density at radius 1 is 0.339 bits per heavy atom. The van der Waals surface area contributed by atoms with Crippen molar-refractivity contribution in [2.24, 2.45) is 14.1 Å². The lowest BCUT2D eigenvalue weighted by atomic mass is 9.76. The zero-order valence-electron chi connectivity index (χ0n) is 33.4. The third kappa shape index (κ3) is 4.31. The van der Waals surface area contributed by atoms with Crippen molar-refractivity contribution < 1.29 is 0 Å². The van der Waals surface area contributed by atoms with Crippen LogP contribution >= 0.6 is 0 Å². The Morgan fingerprint density at radius 2 is 0.763 bits per heavy atom. The molecule has 1 saturated carbocycles. The van der Waals surface area contributed by atoms with E-state index in [1.807, 2.05) is 0 Å². The van der Waals surface area contributed by atoms with Crippen molar-refractivity contribution >= 4 is 65.2 Å². The average molecular weight is 755 g/mol. The summed E-state index contributed by atoms with van der Waals surface area (Å²) in [5.74, 6) is 0. The molecule has 0 amide bonds. The largest absolute Gasteiger partial charge is 0.344 e. The highest BCUT2D eigenvalue weighted by atomic mass is 14.9. The van der Waals surface area contributed by atoms with Crippen LogP contribution in [-0.2, 0) is 19.5 Å². The second-order valence-electron chi connectivity index (χ2n) is 17.2. The predicted octanol–water partition coefficient (Wildman–Crippen LogP) is 15.1. The molecule has 2 heteroatoms. The molecule has 2 aromatic heterocycles. The summed E-state index contributed by atoms with van der Waals surface area (Å²) < 4.78 is 4.71. The first-order valence-electron chi connectivity index (χ1n) is 21.3. The molecule has 0 bridgehead atoms. The number of fused-ring (bicyclic) bond motifs is 13. The summed E-state index contributed by atoms with van der Waals surface area (Å²) >= 11 is 0. The van der Waals surface area contributed by atoms with E-state index in [0.29, 0.717) is 0 Å². The number of benzene rings is 9. The van der Waals surface area contributed by atoms with Crippen LogP contribution in [0.2, 0.25) is 0 Å². The number of aryl methyl sites for hydroxylation is 2. The van der Waals surface area contributed by atoms with Crippen LogP contribution in [0.3, 0.4) is 0 Å². The second kappa shape index (κ2) is 12.1. The van der Waals surface area contributed by atoms with Crippen LogP contribution in [0.4, 0.5) is 0 Å². The molecule has 13 rings (SSSR count). The van der Waals surface area contributed by atoms with Crippen LogP contribution in [0, 0.1) is 0 Å². The van der Waals surface area contributed by atoms with Crippen molar-refractivity contribution in [3.63, 3.8) is 0 Å². The third-order valence-electron chi connectivity index (χ3n) is 14.5. The highest BCUT2D eigenvalue weighted by Gasteiger charge is 2.45. The molecule has 1 spiro atoms. The van der Waals surface area contributed by atoms with Gasteiger partial charge in [0.1, 0.15) is 0 Å². The molecule has 2 aliphatic rings. The van der Waals surface area contributed by atoms with Gasteiger partial charge in [-0.15, -0.1) is 0 Å². The Hall–Kier alpha value is -6.90. The van der Waals surface area contributed by atoms with E-state index in [0.717, 1.165) is 0 Å². The van der Waals surface area contributed by atoms with Crippen molar-refractivity contribution in [1.29, 1.82) is 0 Å².